The molecule has 25 heavy (non-hydrogen) atoms. The molecule has 0 aliphatic carbocycles. The first-order chi connectivity index (χ1) is 11.6. The highest BCUT2D eigenvalue weighted by molar-refractivity contribution is 5.80. The predicted molar refractivity (Wildman–Crippen MR) is 75.8 cm³/mol. The number of aliphatic carboxylic acids is 1. The van der Waals surface area contributed by atoms with Crippen molar-refractivity contribution >= 4 is 17.6 Å². The van der Waals surface area contributed by atoms with Crippen molar-refractivity contribution in [3.8, 4) is 5.75 Å². The van der Waals surface area contributed by atoms with Crippen LogP contribution in [0.5, 0.6) is 5.75 Å². The monoisotopic (exact) mass is 362 g/mol. The Kier molecular flexibility index (Phi) is 5.14. The summed E-state index contributed by atoms with van der Waals surface area (Å²) in [6.07, 6.45) is -4.74. The van der Waals surface area contributed by atoms with Crippen molar-refractivity contribution in [3.05, 3.63) is 34.4 Å². The van der Waals surface area contributed by atoms with Gasteiger partial charge in [0.15, 0.2) is 6.61 Å². The van der Waals surface area contributed by atoms with Crippen molar-refractivity contribution in [1.82, 2.24) is 4.90 Å². The number of hydrogen-bond acceptors (Lipinski definition) is 5. The molecule has 0 aromatic heterocycles. The first-order valence-electron chi connectivity index (χ1n) is 7.04. The molecule has 0 saturated carbocycles. The minimum absolute atomic E-state index is 0.00361. The number of halogens is 3. The Labute approximate surface area is 138 Å². The number of benzene rings is 1. The van der Waals surface area contributed by atoms with Crippen LogP contribution in [0.2, 0.25) is 0 Å². The Hall–Kier alpha value is -2.85. The molecular weight excluding hydrogens is 349 g/mol. The van der Waals surface area contributed by atoms with Gasteiger partial charge in [0.25, 0.3) is 11.6 Å². The van der Waals surface area contributed by atoms with Gasteiger partial charge in [-0.2, -0.15) is 13.2 Å². The van der Waals surface area contributed by atoms with Gasteiger partial charge >= 0.3 is 12.1 Å². The van der Waals surface area contributed by atoms with Crippen molar-refractivity contribution in [3.63, 3.8) is 0 Å². The number of nitrogens with zero attached hydrogens (tertiary/aromatic N) is 2. The summed E-state index contributed by atoms with van der Waals surface area (Å²) < 4.78 is 43.7. The summed E-state index contributed by atoms with van der Waals surface area (Å²) in [5.74, 6) is -6.33. The molecule has 1 aromatic carbocycles. The topological polar surface area (TPSA) is 110 Å². The Morgan fingerprint density at radius 1 is 1.36 bits per heavy atom. The molecule has 136 valence electrons. The quantitative estimate of drug-likeness (QED) is 0.631. The van der Waals surface area contributed by atoms with E-state index in [4.69, 9.17) is 9.84 Å². The first-order valence-corrected chi connectivity index (χ1v) is 7.04. The van der Waals surface area contributed by atoms with E-state index in [9.17, 15) is 32.9 Å². The summed E-state index contributed by atoms with van der Waals surface area (Å²) in [6, 6.07) is 4.95. The van der Waals surface area contributed by atoms with Gasteiger partial charge in [0.1, 0.15) is 5.75 Å². The summed E-state index contributed by atoms with van der Waals surface area (Å²) in [7, 11) is 0. The van der Waals surface area contributed by atoms with Gasteiger partial charge in [-0.1, -0.05) is 6.07 Å². The summed E-state index contributed by atoms with van der Waals surface area (Å²) in [5.41, 5.74) is -0.269. The van der Waals surface area contributed by atoms with Gasteiger partial charge < -0.3 is 14.7 Å². The molecule has 2 rings (SSSR count). The van der Waals surface area contributed by atoms with Crippen LogP contribution < -0.4 is 4.74 Å². The Morgan fingerprint density at radius 3 is 2.56 bits per heavy atom. The van der Waals surface area contributed by atoms with E-state index in [-0.39, 0.29) is 11.4 Å². The SMILES string of the molecule is O=C(O)[C@@H]1CN(C(=O)COc2cccc([N+](=O)[O-])c2)C[C@H]1C(F)(F)F. The average Bonchev–Trinajstić information content (AvgIpc) is 2.99. The predicted octanol–water partition coefficient (Wildman–Crippen LogP) is 1.70. The van der Waals surface area contributed by atoms with Crippen LogP contribution >= 0.6 is 0 Å². The normalized spacial score (nSPS) is 20.4. The highest BCUT2D eigenvalue weighted by Crippen LogP contribution is 2.37. The van der Waals surface area contributed by atoms with E-state index >= 15 is 0 Å². The van der Waals surface area contributed by atoms with Gasteiger partial charge in [-0.3, -0.25) is 19.7 Å². The van der Waals surface area contributed by atoms with E-state index in [1.165, 1.54) is 18.2 Å². The zero-order valence-electron chi connectivity index (χ0n) is 12.6. The second-order valence-electron chi connectivity index (χ2n) is 5.43. The van der Waals surface area contributed by atoms with Gasteiger partial charge in [-0.15, -0.1) is 0 Å². The number of ether oxygens (including phenoxy) is 1. The van der Waals surface area contributed by atoms with Crippen LogP contribution in [0.4, 0.5) is 18.9 Å². The van der Waals surface area contributed by atoms with Crippen molar-refractivity contribution in [2.75, 3.05) is 19.7 Å². The van der Waals surface area contributed by atoms with Crippen LogP contribution in [0, 0.1) is 22.0 Å². The molecule has 0 spiro atoms. The number of hydrogen-bond donors (Lipinski definition) is 1. The lowest BCUT2D eigenvalue weighted by Crippen LogP contribution is -2.35. The number of nitro benzene ring substituents is 1. The number of amides is 1. The van der Waals surface area contributed by atoms with E-state index in [0.717, 1.165) is 11.0 Å². The van der Waals surface area contributed by atoms with Gasteiger partial charge in [-0.05, 0) is 6.07 Å². The lowest BCUT2D eigenvalue weighted by Gasteiger charge is -2.18. The number of alkyl halides is 3. The maximum absolute atomic E-state index is 12.9. The molecule has 1 saturated heterocycles. The van der Waals surface area contributed by atoms with E-state index in [2.05, 4.69) is 0 Å². The Morgan fingerprint density at radius 2 is 2.04 bits per heavy atom. The van der Waals surface area contributed by atoms with Gasteiger partial charge in [-0.25, -0.2) is 0 Å². The maximum Gasteiger partial charge on any atom is 0.394 e. The molecule has 1 aliphatic rings. The largest absolute Gasteiger partial charge is 0.484 e. The first kappa shape index (κ1) is 18.5. The summed E-state index contributed by atoms with van der Waals surface area (Å²) in [6.45, 7) is -1.99. The molecule has 0 bridgehead atoms. The van der Waals surface area contributed by atoms with Crippen LogP contribution in [0.15, 0.2) is 24.3 Å². The molecule has 1 aliphatic heterocycles. The second kappa shape index (κ2) is 6.95. The number of carboxylic acid groups (broad SMARTS) is 1. The highest BCUT2D eigenvalue weighted by atomic mass is 19.4. The third kappa shape index (κ3) is 4.37. The number of rotatable bonds is 5. The van der Waals surface area contributed by atoms with E-state index in [0.29, 0.717) is 0 Å². The lowest BCUT2D eigenvalue weighted by molar-refractivity contribution is -0.384. The van der Waals surface area contributed by atoms with E-state index in [1.807, 2.05) is 0 Å². The zero-order chi connectivity index (χ0) is 18.8. The lowest BCUT2D eigenvalue weighted by atomic mass is 9.96. The molecule has 11 heteroatoms. The highest BCUT2D eigenvalue weighted by Gasteiger charge is 2.53. The molecule has 0 radical (unpaired) electrons. The third-order valence-corrected chi connectivity index (χ3v) is 3.80. The van der Waals surface area contributed by atoms with E-state index < -0.39 is 54.5 Å². The van der Waals surface area contributed by atoms with Crippen LogP contribution in [-0.2, 0) is 9.59 Å². The molecule has 1 N–H and O–H groups in total. The summed E-state index contributed by atoms with van der Waals surface area (Å²) >= 11 is 0. The van der Waals surface area contributed by atoms with Crippen LogP contribution in [0.25, 0.3) is 0 Å². The van der Waals surface area contributed by atoms with Crippen molar-refractivity contribution in [2.24, 2.45) is 11.8 Å². The fourth-order valence-corrected chi connectivity index (χ4v) is 2.51. The number of carbonyl (C=O) groups excluding carboxylic acids is 1. The molecule has 8 nitrogen and oxygen atoms in total. The molecule has 1 aromatic rings. The van der Waals surface area contributed by atoms with E-state index in [1.54, 1.807) is 0 Å². The summed E-state index contributed by atoms with van der Waals surface area (Å²) in [4.78, 5) is 33.7. The fourth-order valence-electron chi connectivity index (χ4n) is 2.51. The molecule has 1 heterocycles. The van der Waals surface area contributed by atoms with Crippen LogP contribution in [0.3, 0.4) is 0 Å². The van der Waals surface area contributed by atoms with Gasteiger partial charge in [0.2, 0.25) is 0 Å². The maximum atomic E-state index is 12.9. The van der Waals surface area contributed by atoms with Crippen molar-refractivity contribution in [2.45, 2.75) is 6.18 Å². The summed E-state index contributed by atoms with van der Waals surface area (Å²) in [5, 5.41) is 19.5. The number of carbonyl (C=O) groups is 2. The Bertz CT molecular complexity index is 693. The van der Waals surface area contributed by atoms with Gasteiger partial charge in [0, 0.05) is 19.2 Å². The number of carboxylic acids is 1. The zero-order valence-corrected chi connectivity index (χ0v) is 12.6. The third-order valence-electron chi connectivity index (χ3n) is 3.80. The fraction of sp³-hybridized carbons (Fsp3) is 0.429. The van der Waals surface area contributed by atoms with Crippen molar-refractivity contribution in [1.29, 1.82) is 0 Å². The number of likely N-dealkylation sites (tertiary alicyclic amines) is 1. The second-order valence-corrected chi connectivity index (χ2v) is 5.43. The standard InChI is InChI=1S/C14H13F3N2O6/c15-14(16,17)11-6-18(5-10(11)13(21)22)12(20)7-25-9-3-1-2-8(4-9)19(23)24/h1-4,10-11H,5-7H2,(H,21,22)/t10-,11-/m1/s1. The van der Waals surface area contributed by atoms with Crippen LogP contribution in [0.1, 0.15) is 0 Å². The van der Waals surface area contributed by atoms with Gasteiger partial charge in [0.05, 0.1) is 22.8 Å². The number of nitro groups is 1. The van der Waals surface area contributed by atoms with Crippen LogP contribution in [-0.4, -0.2) is 52.7 Å². The molecule has 0 unspecified atom stereocenters. The van der Waals surface area contributed by atoms with Crippen molar-refractivity contribution < 1.29 is 37.5 Å². The molecule has 1 fully saturated rings. The smallest absolute Gasteiger partial charge is 0.394 e. The Balaban J connectivity index is 2.01. The molecular formula is C14H13F3N2O6. The molecule has 1 amide bonds. The minimum atomic E-state index is -4.74. The minimum Gasteiger partial charge on any atom is -0.484 e. The average molecular weight is 362 g/mol. The number of non-ortho nitro benzene ring substituents is 1. The molecule has 2 atom stereocenters.